The summed E-state index contributed by atoms with van der Waals surface area (Å²) in [5, 5.41) is 12.2. The molecule has 0 radical (unpaired) electrons. The van der Waals surface area contributed by atoms with Crippen LogP contribution >= 0.6 is 0 Å². The lowest BCUT2D eigenvalue weighted by Gasteiger charge is -2.52. The molecule has 2 aromatic heterocycles. The van der Waals surface area contributed by atoms with Crippen LogP contribution in [0.15, 0.2) is 215 Å². The minimum Gasteiger partial charge on any atom is -0.454 e. The van der Waals surface area contributed by atoms with E-state index in [0.29, 0.717) is 11.8 Å². The van der Waals surface area contributed by atoms with Gasteiger partial charge in [-0.1, -0.05) is 219 Å². The van der Waals surface area contributed by atoms with Gasteiger partial charge in [0, 0.05) is 48.7 Å². The first-order valence-electron chi connectivity index (χ1n) is 28.3. The van der Waals surface area contributed by atoms with Gasteiger partial charge in [-0.05, 0) is 127 Å². The van der Waals surface area contributed by atoms with Crippen molar-refractivity contribution in [2.45, 2.75) is 83.5 Å². The summed E-state index contributed by atoms with van der Waals surface area (Å²) >= 11 is 0. The summed E-state index contributed by atoms with van der Waals surface area (Å²) < 4.78 is 14.0. The van der Waals surface area contributed by atoms with Gasteiger partial charge in [-0.25, -0.2) is 0 Å². The smallest absolute Gasteiger partial charge is 0.159 e. The highest BCUT2D eigenvalue weighted by molar-refractivity contribution is 7.00. The monoisotopic (exact) mass is 1060 g/mol. The number of benzene rings is 11. The maximum Gasteiger partial charge on any atom is 0.159 e. The van der Waals surface area contributed by atoms with E-state index in [1.54, 1.807) is 0 Å². The highest BCUT2D eigenvalue weighted by Gasteiger charge is 2.60. The molecule has 11 aromatic carbocycles. The first-order chi connectivity index (χ1) is 38.2. The van der Waals surface area contributed by atoms with E-state index in [4.69, 9.17) is 8.83 Å². The molecule has 13 aromatic rings. The second-order valence-electron chi connectivity index (χ2n) is 24.8. The summed E-state index contributed by atoms with van der Waals surface area (Å²) in [7, 11) is -4.60. The molecule has 0 saturated carbocycles. The predicted octanol–water partition coefficient (Wildman–Crippen LogP) is 22.2. The van der Waals surface area contributed by atoms with E-state index in [1.807, 2.05) is 0 Å². The Kier molecular flexibility index (Phi) is 11.2. The molecule has 0 saturated heterocycles. The van der Waals surface area contributed by atoms with Crippen LogP contribution in [0.2, 0.25) is 39.3 Å². The Morgan fingerprint density at radius 2 is 0.759 bits per heavy atom. The zero-order chi connectivity index (χ0) is 54.3. The summed E-state index contributed by atoms with van der Waals surface area (Å²) in [5.74, 6) is 0.635. The lowest BCUT2D eigenvalue weighted by atomic mass is 9.89. The molecule has 0 fully saturated rings. The second-order valence-corrected chi connectivity index (χ2v) is 35.8. The highest BCUT2D eigenvalue weighted by Crippen LogP contribution is 2.65. The van der Waals surface area contributed by atoms with Crippen molar-refractivity contribution in [1.82, 2.24) is 0 Å². The summed E-state index contributed by atoms with van der Waals surface area (Å²) in [6.45, 7) is 24.9. The van der Waals surface area contributed by atoms with Crippen LogP contribution in [-0.4, -0.2) is 16.1 Å². The van der Waals surface area contributed by atoms with Gasteiger partial charge in [0.2, 0.25) is 0 Å². The molecule has 0 N–H and O–H groups in total. The quantitative estimate of drug-likeness (QED) is 0.101. The highest BCUT2D eigenvalue weighted by atomic mass is 28.4. The van der Waals surface area contributed by atoms with Gasteiger partial charge in [-0.3, -0.25) is 0 Å². The van der Waals surface area contributed by atoms with Crippen molar-refractivity contribution in [3.05, 3.63) is 229 Å². The molecule has 14 rings (SSSR count). The van der Waals surface area contributed by atoms with Crippen LogP contribution in [0.5, 0.6) is 0 Å². The average molecular weight is 1060 g/mol. The van der Waals surface area contributed by atoms with E-state index in [0.717, 1.165) is 72.3 Å². The molecule has 6 heteroatoms. The maximum atomic E-state index is 7.20. The van der Waals surface area contributed by atoms with Gasteiger partial charge in [-0.15, -0.1) is 0 Å². The SMILES string of the molecule is CC(C)c1cccc2c1oc1c(N(c3ccccc3)c3ccc4c5c(c6ccccc6c4c3)-c3c(cc(N(c4ccccc4)c4cccc6c4oc4c(C(C)C)cccc46)c4ccccc34)C5([Si](C)(C)C)[Si](C)(C)C)cccc12. The van der Waals surface area contributed by atoms with Crippen LogP contribution in [0, 0.1) is 0 Å². The number of rotatable bonds is 10. The summed E-state index contributed by atoms with van der Waals surface area (Å²) in [4.78, 5) is 4.93. The van der Waals surface area contributed by atoms with E-state index in [2.05, 4.69) is 283 Å². The van der Waals surface area contributed by atoms with Gasteiger partial charge in [0.25, 0.3) is 0 Å². The van der Waals surface area contributed by atoms with Crippen LogP contribution in [0.4, 0.5) is 34.1 Å². The molecule has 0 atom stereocenters. The topological polar surface area (TPSA) is 32.8 Å². The lowest BCUT2D eigenvalue weighted by Crippen LogP contribution is -2.63. The van der Waals surface area contributed by atoms with Gasteiger partial charge < -0.3 is 18.6 Å². The zero-order valence-corrected chi connectivity index (χ0v) is 49.0. The first-order valence-corrected chi connectivity index (χ1v) is 35.3. The van der Waals surface area contributed by atoms with Crippen LogP contribution in [0.25, 0.3) is 87.3 Å². The van der Waals surface area contributed by atoms with Crippen molar-refractivity contribution in [3.63, 3.8) is 0 Å². The van der Waals surface area contributed by atoms with Gasteiger partial charge in [0.1, 0.15) is 11.2 Å². The third kappa shape index (κ3) is 7.09. The van der Waals surface area contributed by atoms with Gasteiger partial charge in [-0.2, -0.15) is 0 Å². The summed E-state index contributed by atoms with van der Waals surface area (Å²) in [5.41, 5.74) is 18.5. The van der Waals surface area contributed by atoms with E-state index in [1.165, 1.54) is 71.4 Å². The summed E-state index contributed by atoms with van der Waals surface area (Å²) in [6.07, 6.45) is 0. The normalized spacial score (nSPS) is 13.5. The zero-order valence-electron chi connectivity index (χ0n) is 47.0. The number of para-hydroxylation sites is 6. The Balaban J connectivity index is 1.08. The fraction of sp³-hybridized carbons (Fsp3) is 0.178. The molecule has 388 valence electrons. The first kappa shape index (κ1) is 49.2. The van der Waals surface area contributed by atoms with Crippen LogP contribution in [-0.2, 0) is 4.66 Å². The number of furan rings is 2. The van der Waals surface area contributed by atoms with Crippen molar-refractivity contribution in [3.8, 4) is 11.1 Å². The number of anilines is 6. The largest absolute Gasteiger partial charge is 0.454 e. The molecular formula is C73H66N2O2Si2. The molecule has 1 aliphatic rings. The van der Waals surface area contributed by atoms with E-state index in [-0.39, 0.29) is 4.66 Å². The Hall–Kier alpha value is -8.17. The van der Waals surface area contributed by atoms with Crippen molar-refractivity contribution in [2.75, 3.05) is 9.80 Å². The van der Waals surface area contributed by atoms with E-state index in [9.17, 15) is 0 Å². The van der Waals surface area contributed by atoms with Gasteiger partial charge in [0.05, 0.1) is 33.2 Å². The molecule has 1 aliphatic carbocycles. The predicted molar refractivity (Wildman–Crippen MR) is 344 cm³/mol. The number of hydrogen-bond donors (Lipinski definition) is 0. The number of fused-ring (bicyclic) bond motifs is 16. The Bertz CT molecular complexity index is 4580. The molecule has 0 bridgehead atoms. The van der Waals surface area contributed by atoms with E-state index >= 15 is 0 Å². The number of nitrogens with zero attached hydrogens (tertiary/aromatic N) is 2. The lowest BCUT2D eigenvalue weighted by molar-refractivity contribution is 0.657. The average Bonchev–Trinajstić information content (AvgIpc) is 3.21. The molecule has 4 nitrogen and oxygen atoms in total. The van der Waals surface area contributed by atoms with E-state index < -0.39 is 16.1 Å². The standard InChI is InChI=1S/C73H66N2O2Si2/c1-45(2)50-33-21-35-57-59-37-23-39-63(71(59)76-69(50)57)74(47-25-13-11-14-26-47)49-41-42-56-61(43-49)52-29-17-19-31-54(52)67-66-55-32-20-18-30-53(55)65(44-62(66)73(68(56)67,78(5,6)7)79(8,9)10)75(48-27-15-12-16-28-48)64-40-24-38-60-58-36-22-34-51(46(3)4)70(58)77-72(60)64/h11-46H,1-10H3. The van der Waals surface area contributed by atoms with Crippen molar-refractivity contribution in [1.29, 1.82) is 0 Å². The Morgan fingerprint density at radius 3 is 1.28 bits per heavy atom. The third-order valence-corrected chi connectivity index (χ3v) is 27.7. The van der Waals surface area contributed by atoms with Crippen LogP contribution < -0.4 is 9.80 Å². The molecule has 0 unspecified atom stereocenters. The van der Waals surface area contributed by atoms with Gasteiger partial charge >= 0.3 is 0 Å². The molecular weight excluding hydrogens is 993 g/mol. The molecule has 0 aliphatic heterocycles. The Labute approximate surface area is 465 Å². The second kappa shape index (κ2) is 17.9. The third-order valence-electron chi connectivity index (χ3n) is 17.6. The van der Waals surface area contributed by atoms with Crippen molar-refractivity contribution >= 4 is 126 Å². The van der Waals surface area contributed by atoms with Gasteiger partial charge in [0.15, 0.2) is 11.2 Å². The molecule has 0 spiro atoms. The minimum atomic E-state index is -2.30. The fourth-order valence-corrected chi connectivity index (χ4v) is 27.8. The maximum absolute atomic E-state index is 7.20. The number of hydrogen-bond acceptors (Lipinski definition) is 4. The molecule has 0 amide bonds. The molecule has 79 heavy (non-hydrogen) atoms. The fourth-order valence-electron chi connectivity index (χ4n) is 14.8. The summed E-state index contributed by atoms with van der Waals surface area (Å²) in [6, 6.07) is 77.0. The van der Waals surface area contributed by atoms with Crippen LogP contribution in [0.3, 0.4) is 0 Å². The molecule has 2 heterocycles. The Morgan fingerprint density at radius 1 is 0.329 bits per heavy atom. The van der Waals surface area contributed by atoms with Crippen molar-refractivity contribution < 1.29 is 8.83 Å². The minimum absolute atomic E-state index is 0.236. The van der Waals surface area contributed by atoms with Crippen molar-refractivity contribution in [2.24, 2.45) is 0 Å². The van der Waals surface area contributed by atoms with Crippen LogP contribution in [0.1, 0.15) is 61.8 Å².